The van der Waals surface area contributed by atoms with Crippen molar-refractivity contribution in [3.05, 3.63) is 24.3 Å². The van der Waals surface area contributed by atoms with Gasteiger partial charge in [-0.1, -0.05) is 25.1 Å². The lowest BCUT2D eigenvalue weighted by atomic mass is 9.97. The van der Waals surface area contributed by atoms with E-state index in [4.69, 9.17) is 15.1 Å². The van der Waals surface area contributed by atoms with Gasteiger partial charge in [0.2, 0.25) is 5.91 Å². The number of benzene rings is 1. The molecule has 30 heavy (non-hydrogen) atoms. The predicted molar refractivity (Wildman–Crippen MR) is 123 cm³/mol. The molecule has 3 unspecified atom stereocenters. The van der Waals surface area contributed by atoms with Gasteiger partial charge in [-0.3, -0.25) is 20.5 Å². The van der Waals surface area contributed by atoms with E-state index in [1.54, 1.807) is 7.11 Å². The SMILES string of the molecule is CCCCN(CC)C(=O)CSC1=NC2NNC(C)C2C(=N)N1c1ccc(OC)cc1. The molecule has 1 aromatic carbocycles. The lowest BCUT2D eigenvalue weighted by Gasteiger charge is -2.36. The zero-order chi connectivity index (χ0) is 21.7. The van der Waals surface area contributed by atoms with Crippen molar-refractivity contribution in [1.82, 2.24) is 15.8 Å². The molecule has 2 aliphatic rings. The monoisotopic (exact) mass is 432 g/mol. The first-order chi connectivity index (χ1) is 14.5. The largest absolute Gasteiger partial charge is 0.497 e. The highest BCUT2D eigenvalue weighted by atomic mass is 32.2. The molecule has 1 fully saturated rings. The number of amides is 1. The minimum absolute atomic E-state index is 0.0798. The van der Waals surface area contributed by atoms with Gasteiger partial charge in [0, 0.05) is 24.8 Å². The lowest BCUT2D eigenvalue weighted by Crippen LogP contribution is -2.50. The number of anilines is 1. The minimum atomic E-state index is -0.207. The number of fused-ring (bicyclic) bond motifs is 1. The van der Waals surface area contributed by atoms with E-state index in [9.17, 15) is 4.79 Å². The Morgan fingerprint density at radius 1 is 1.30 bits per heavy atom. The highest BCUT2D eigenvalue weighted by Crippen LogP contribution is 2.32. The number of hydrogen-bond acceptors (Lipinski definition) is 7. The van der Waals surface area contributed by atoms with Crippen LogP contribution in [0.4, 0.5) is 5.69 Å². The number of nitrogens with zero attached hydrogens (tertiary/aromatic N) is 3. The van der Waals surface area contributed by atoms with Crippen LogP contribution >= 0.6 is 11.8 Å². The Balaban J connectivity index is 1.82. The van der Waals surface area contributed by atoms with Crippen molar-refractivity contribution >= 4 is 34.4 Å². The maximum absolute atomic E-state index is 12.7. The molecule has 0 aliphatic carbocycles. The molecule has 0 saturated carbocycles. The first-order valence-electron chi connectivity index (χ1n) is 10.5. The summed E-state index contributed by atoms with van der Waals surface area (Å²) in [6.45, 7) is 7.67. The third-order valence-corrected chi connectivity index (χ3v) is 6.44. The summed E-state index contributed by atoms with van der Waals surface area (Å²) in [7, 11) is 1.63. The van der Waals surface area contributed by atoms with Gasteiger partial charge in [0.1, 0.15) is 17.8 Å². The molecule has 3 N–H and O–H groups in total. The Hall–Kier alpha value is -2.10. The molecular weight excluding hydrogens is 400 g/mol. The fraction of sp³-hybridized carbons (Fsp3) is 0.571. The molecule has 164 valence electrons. The Kier molecular flexibility index (Phi) is 7.74. The molecule has 0 radical (unpaired) electrons. The molecule has 1 amide bonds. The van der Waals surface area contributed by atoms with Gasteiger partial charge in [-0.15, -0.1) is 0 Å². The number of methoxy groups -OCH3 is 1. The molecule has 3 rings (SSSR count). The maximum atomic E-state index is 12.7. The Labute approximate surface area is 182 Å². The summed E-state index contributed by atoms with van der Waals surface area (Å²) in [6.07, 6.45) is 1.86. The van der Waals surface area contributed by atoms with E-state index in [0.717, 1.165) is 30.8 Å². The standard InChI is InChI=1S/C21H32N6O2S/c1-5-7-12-26(6-2)17(28)13-30-21-23-20-18(14(3)24-25-20)19(22)27(21)15-8-10-16(29-4)11-9-15/h8-11,14,18,20,22,24-25H,5-7,12-13H2,1-4H3. The van der Waals surface area contributed by atoms with Crippen LogP contribution in [-0.2, 0) is 4.79 Å². The first kappa shape index (κ1) is 22.6. The van der Waals surface area contributed by atoms with Crippen molar-refractivity contribution in [2.24, 2.45) is 10.9 Å². The number of nitrogens with one attached hydrogen (secondary N) is 3. The number of amidine groups is 2. The van der Waals surface area contributed by atoms with E-state index in [2.05, 4.69) is 17.8 Å². The fourth-order valence-electron chi connectivity index (χ4n) is 3.71. The number of hydrazine groups is 1. The molecule has 1 saturated heterocycles. The summed E-state index contributed by atoms with van der Waals surface area (Å²) in [5.74, 6) is 1.56. The Morgan fingerprint density at radius 3 is 2.67 bits per heavy atom. The predicted octanol–water partition coefficient (Wildman–Crippen LogP) is 2.67. The molecular formula is C21H32N6O2S. The quantitative estimate of drug-likeness (QED) is 0.585. The van der Waals surface area contributed by atoms with Gasteiger partial charge < -0.3 is 9.64 Å². The normalized spacial score (nSPS) is 23.2. The van der Waals surface area contributed by atoms with E-state index in [1.165, 1.54) is 11.8 Å². The van der Waals surface area contributed by atoms with E-state index >= 15 is 0 Å². The van der Waals surface area contributed by atoms with Crippen LogP contribution in [-0.4, -0.2) is 60.0 Å². The van der Waals surface area contributed by atoms with Crippen LogP contribution in [0.15, 0.2) is 29.3 Å². The summed E-state index contributed by atoms with van der Waals surface area (Å²) < 4.78 is 5.27. The van der Waals surface area contributed by atoms with E-state index < -0.39 is 0 Å². The highest BCUT2D eigenvalue weighted by molar-refractivity contribution is 8.14. The number of aliphatic imine (C=N–C) groups is 1. The van der Waals surface area contributed by atoms with Crippen LogP contribution in [0.2, 0.25) is 0 Å². The van der Waals surface area contributed by atoms with Crippen molar-refractivity contribution < 1.29 is 9.53 Å². The molecule has 0 spiro atoms. The molecule has 0 bridgehead atoms. The number of ether oxygens (including phenoxy) is 1. The van der Waals surface area contributed by atoms with Crippen LogP contribution in [0.3, 0.4) is 0 Å². The van der Waals surface area contributed by atoms with Crippen LogP contribution in [0.5, 0.6) is 5.75 Å². The maximum Gasteiger partial charge on any atom is 0.233 e. The summed E-state index contributed by atoms with van der Waals surface area (Å²) in [6, 6.07) is 7.68. The molecule has 3 atom stereocenters. The highest BCUT2D eigenvalue weighted by Gasteiger charge is 2.43. The van der Waals surface area contributed by atoms with Crippen LogP contribution < -0.4 is 20.5 Å². The van der Waals surface area contributed by atoms with Gasteiger partial charge in [0.15, 0.2) is 5.17 Å². The summed E-state index contributed by atoms with van der Waals surface area (Å²) in [4.78, 5) is 21.3. The van der Waals surface area contributed by atoms with Gasteiger partial charge in [-0.2, -0.15) is 0 Å². The lowest BCUT2D eigenvalue weighted by molar-refractivity contribution is -0.128. The number of hydrogen-bond donors (Lipinski definition) is 3. The third kappa shape index (κ3) is 4.79. The van der Waals surface area contributed by atoms with Crippen molar-refractivity contribution in [2.75, 3.05) is 30.9 Å². The molecule has 1 aromatic rings. The summed E-state index contributed by atoms with van der Waals surface area (Å²) >= 11 is 1.39. The first-order valence-corrected chi connectivity index (χ1v) is 11.5. The Morgan fingerprint density at radius 2 is 2.03 bits per heavy atom. The van der Waals surface area contributed by atoms with Crippen LogP contribution in [0, 0.1) is 11.3 Å². The Bertz CT molecular complexity index is 784. The third-order valence-electron chi connectivity index (χ3n) is 5.51. The van der Waals surface area contributed by atoms with Crippen LogP contribution in [0.1, 0.15) is 33.6 Å². The van der Waals surface area contributed by atoms with E-state index in [1.807, 2.05) is 47.9 Å². The van der Waals surface area contributed by atoms with Crippen LogP contribution in [0.25, 0.3) is 0 Å². The van der Waals surface area contributed by atoms with Gasteiger partial charge in [0.05, 0.1) is 18.8 Å². The molecule has 0 aromatic heterocycles. The average Bonchev–Trinajstić information content (AvgIpc) is 3.13. The molecule has 9 heteroatoms. The number of thioether (sulfide) groups is 1. The van der Waals surface area contributed by atoms with Gasteiger partial charge in [-0.25, -0.2) is 10.4 Å². The van der Waals surface area contributed by atoms with Crippen molar-refractivity contribution in [3.8, 4) is 5.75 Å². The van der Waals surface area contributed by atoms with Crippen molar-refractivity contribution in [1.29, 1.82) is 5.41 Å². The zero-order valence-corrected chi connectivity index (χ0v) is 19.0. The van der Waals surface area contributed by atoms with Crippen molar-refractivity contribution in [2.45, 2.75) is 45.8 Å². The van der Waals surface area contributed by atoms with E-state index in [0.29, 0.717) is 23.3 Å². The summed E-state index contributed by atoms with van der Waals surface area (Å²) in [5, 5.41) is 9.55. The molecule has 8 nitrogen and oxygen atoms in total. The molecule has 2 aliphatic heterocycles. The van der Waals surface area contributed by atoms with Crippen molar-refractivity contribution in [3.63, 3.8) is 0 Å². The fourth-order valence-corrected chi connectivity index (χ4v) is 4.66. The van der Waals surface area contributed by atoms with Gasteiger partial charge in [0.25, 0.3) is 0 Å². The second-order valence-electron chi connectivity index (χ2n) is 7.49. The minimum Gasteiger partial charge on any atom is -0.497 e. The smallest absolute Gasteiger partial charge is 0.233 e. The van der Waals surface area contributed by atoms with Gasteiger partial charge in [-0.05, 0) is 44.5 Å². The van der Waals surface area contributed by atoms with E-state index in [-0.39, 0.29) is 24.0 Å². The second-order valence-corrected chi connectivity index (χ2v) is 8.44. The average molecular weight is 433 g/mol. The number of carbonyl (C=O) groups excluding carboxylic acids is 1. The number of rotatable bonds is 8. The number of carbonyl (C=O) groups is 1. The topological polar surface area (TPSA) is 93.1 Å². The number of unbranched alkanes of at least 4 members (excludes halogenated alkanes) is 1. The zero-order valence-electron chi connectivity index (χ0n) is 18.1. The van der Waals surface area contributed by atoms with Gasteiger partial charge >= 0.3 is 0 Å². The second kappa shape index (κ2) is 10.3. The summed E-state index contributed by atoms with van der Waals surface area (Å²) in [5.41, 5.74) is 7.21. The molecule has 2 heterocycles.